The van der Waals surface area contributed by atoms with E-state index in [2.05, 4.69) is 50.9 Å². The molecule has 2 fully saturated rings. The number of nitrogens with zero attached hydrogens (tertiary/aromatic N) is 2. The quantitative estimate of drug-likeness (QED) is 0.321. The van der Waals surface area contributed by atoms with Crippen molar-refractivity contribution in [3.05, 3.63) is 35.9 Å². The Morgan fingerprint density at radius 3 is 2.72 bits per heavy atom. The van der Waals surface area contributed by atoms with Gasteiger partial charge in [0.15, 0.2) is 5.96 Å². The molecule has 29 heavy (non-hydrogen) atoms. The average Bonchev–Trinajstić information content (AvgIpc) is 3.18. The number of likely N-dealkylation sites (tertiary alicyclic amines) is 1. The van der Waals surface area contributed by atoms with Crippen LogP contribution in [0.15, 0.2) is 35.3 Å². The number of benzene rings is 1. The topological polar surface area (TPSA) is 56.7 Å². The monoisotopic (exact) mass is 532 g/mol. The standard InChI is InChI=1S/C22H36N4OS.HI/c1-3-28(27)21-13-7-11-19(15-21)25-22(23-2)24-16-20-12-8-14-26(20)17-18-9-5-4-6-10-18;/h4-6,9-10,19-21H,3,7-8,11-17H2,1-2H3,(H2,23,24,25);1H. The number of aliphatic imine (C=N–C) groups is 1. The molecule has 0 aromatic heterocycles. The summed E-state index contributed by atoms with van der Waals surface area (Å²) in [6.45, 7) is 5.13. The van der Waals surface area contributed by atoms with Gasteiger partial charge in [0.2, 0.25) is 0 Å². The van der Waals surface area contributed by atoms with E-state index < -0.39 is 10.8 Å². The lowest BCUT2D eigenvalue weighted by Crippen LogP contribution is -2.49. The van der Waals surface area contributed by atoms with Crippen molar-refractivity contribution in [2.75, 3.05) is 25.9 Å². The normalized spacial score (nSPS) is 26.6. The minimum atomic E-state index is -0.688. The second kappa shape index (κ2) is 12.9. The predicted molar refractivity (Wildman–Crippen MR) is 135 cm³/mol. The molecule has 2 aliphatic rings. The Morgan fingerprint density at radius 1 is 1.21 bits per heavy atom. The molecule has 1 aliphatic heterocycles. The second-order valence-corrected chi connectivity index (χ2v) is 10.0. The fourth-order valence-corrected chi connectivity index (χ4v) is 5.85. The van der Waals surface area contributed by atoms with E-state index in [1.165, 1.54) is 24.9 Å². The second-order valence-electron chi connectivity index (χ2n) is 8.00. The van der Waals surface area contributed by atoms with E-state index in [4.69, 9.17) is 0 Å². The molecule has 1 saturated carbocycles. The molecule has 3 rings (SSSR count). The van der Waals surface area contributed by atoms with Crippen LogP contribution >= 0.6 is 24.0 Å². The number of nitrogens with one attached hydrogen (secondary N) is 2. The van der Waals surface area contributed by atoms with Crippen molar-refractivity contribution in [3.63, 3.8) is 0 Å². The highest BCUT2D eigenvalue weighted by molar-refractivity contribution is 14.0. The van der Waals surface area contributed by atoms with Gasteiger partial charge in [-0.1, -0.05) is 43.7 Å². The number of rotatable bonds is 7. The van der Waals surface area contributed by atoms with Gasteiger partial charge >= 0.3 is 0 Å². The first-order valence-corrected chi connectivity index (χ1v) is 12.2. The summed E-state index contributed by atoms with van der Waals surface area (Å²) >= 11 is 0. The van der Waals surface area contributed by atoms with Crippen molar-refractivity contribution in [3.8, 4) is 0 Å². The molecule has 1 saturated heterocycles. The zero-order chi connectivity index (χ0) is 19.8. The van der Waals surface area contributed by atoms with E-state index in [1.807, 2.05) is 14.0 Å². The fraction of sp³-hybridized carbons (Fsp3) is 0.682. The van der Waals surface area contributed by atoms with Gasteiger partial charge in [0.05, 0.1) is 0 Å². The Bertz CT molecular complexity index is 657. The van der Waals surface area contributed by atoms with Crippen molar-refractivity contribution in [2.24, 2.45) is 4.99 Å². The zero-order valence-corrected chi connectivity index (χ0v) is 21.0. The third-order valence-corrected chi connectivity index (χ3v) is 7.82. The molecule has 4 unspecified atom stereocenters. The van der Waals surface area contributed by atoms with E-state index in [1.54, 1.807) is 0 Å². The Labute approximate surface area is 196 Å². The summed E-state index contributed by atoms with van der Waals surface area (Å²) in [5, 5.41) is 7.48. The largest absolute Gasteiger partial charge is 0.355 e. The first-order valence-electron chi connectivity index (χ1n) is 10.8. The van der Waals surface area contributed by atoms with Crippen LogP contribution < -0.4 is 10.6 Å². The van der Waals surface area contributed by atoms with Gasteiger partial charge in [-0.2, -0.15) is 0 Å². The molecule has 2 N–H and O–H groups in total. The van der Waals surface area contributed by atoms with Crippen LogP contribution in [0.5, 0.6) is 0 Å². The maximum absolute atomic E-state index is 12.2. The van der Waals surface area contributed by atoms with Gasteiger partial charge < -0.3 is 10.6 Å². The first kappa shape index (κ1) is 24.6. The fourth-order valence-electron chi connectivity index (χ4n) is 4.51. The van der Waals surface area contributed by atoms with E-state index in [9.17, 15) is 4.21 Å². The third kappa shape index (κ3) is 7.51. The maximum Gasteiger partial charge on any atom is 0.191 e. The lowest BCUT2D eigenvalue weighted by Gasteiger charge is -2.31. The van der Waals surface area contributed by atoms with Crippen LogP contribution in [-0.2, 0) is 17.3 Å². The van der Waals surface area contributed by atoms with Crippen molar-refractivity contribution in [1.29, 1.82) is 0 Å². The van der Waals surface area contributed by atoms with E-state index >= 15 is 0 Å². The summed E-state index contributed by atoms with van der Waals surface area (Å²) in [4.78, 5) is 7.02. The molecule has 1 heterocycles. The summed E-state index contributed by atoms with van der Waals surface area (Å²) in [6.07, 6.45) is 6.88. The summed E-state index contributed by atoms with van der Waals surface area (Å²) in [6, 6.07) is 11.7. The van der Waals surface area contributed by atoms with Crippen LogP contribution in [-0.4, -0.2) is 58.3 Å². The van der Waals surface area contributed by atoms with Gasteiger partial charge in [-0.3, -0.25) is 14.1 Å². The molecule has 1 aromatic carbocycles. The number of hydrogen-bond donors (Lipinski definition) is 2. The minimum Gasteiger partial charge on any atom is -0.355 e. The molecule has 4 atom stereocenters. The molecule has 164 valence electrons. The van der Waals surface area contributed by atoms with Gasteiger partial charge in [-0.25, -0.2) is 0 Å². The number of hydrogen-bond acceptors (Lipinski definition) is 3. The molecule has 1 aliphatic carbocycles. The van der Waals surface area contributed by atoms with Gasteiger partial charge in [-0.15, -0.1) is 24.0 Å². The average molecular weight is 533 g/mol. The maximum atomic E-state index is 12.2. The molecule has 0 spiro atoms. The van der Waals surface area contributed by atoms with Crippen molar-refractivity contribution in [2.45, 2.75) is 69.3 Å². The van der Waals surface area contributed by atoms with Crippen molar-refractivity contribution in [1.82, 2.24) is 15.5 Å². The van der Waals surface area contributed by atoms with Crippen molar-refractivity contribution < 1.29 is 4.21 Å². The molecule has 0 bridgehead atoms. The van der Waals surface area contributed by atoms with Gasteiger partial charge in [0.1, 0.15) is 0 Å². The highest BCUT2D eigenvalue weighted by atomic mass is 127. The highest BCUT2D eigenvalue weighted by Gasteiger charge is 2.27. The Balaban J connectivity index is 0.00000300. The summed E-state index contributed by atoms with van der Waals surface area (Å²) < 4.78 is 12.2. The van der Waals surface area contributed by atoms with E-state index in [0.717, 1.165) is 50.5 Å². The minimum absolute atomic E-state index is 0. The van der Waals surface area contributed by atoms with Crippen LogP contribution in [0, 0.1) is 0 Å². The van der Waals surface area contributed by atoms with Crippen LogP contribution in [0.4, 0.5) is 0 Å². The lowest BCUT2D eigenvalue weighted by atomic mass is 9.95. The number of halogens is 1. The Kier molecular flexibility index (Phi) is 10.9. The third-order valence-electron chi connectivity index (χ3n) is 6.08. The van der Waals surface area contributed by atoms with Gasteiger partial charge in [0, 0.05) is 54.0 Å². The predicted octanol–water partition coefficient (Wildman–Crippen LogP) is 3.51. The molecule has 0 amide bonds. The zero-order valence-electron chi connectivity index (χ0n) is 17.8. The van der Waals surface area contributed by atoms with E-state index in [0.29, 0.717) is 17.3 Å². The summed E-state index contributed by atoms with van der Waals surface area (Å²) in [5.74, 6) is 1.66. The lowest BCUT2D eigenvalue weighted by molar-refractivity contribution is 0.245. The highest BCUT2D eigenvalue weighted by Crippen LogP contribution is 2.23. The molecule has 5 nitrogen and oxygen atoms in total. The molecular weight excluding hydrogens is 495 g/mol. The van der Waals surface area contributed by atoms with E-state index in [-0.39, 0.29) is 24.0 Å². The molecule has 7 heteroatoms. The first-order chi connectivity index (χ1) is 13.7. The molecular formula is C22H37IN4OS. The molecule has 1 aromatic rings. The van der Waals surface area contributed by atoms with Gasteiger partial charge in [-0.05, 0) is 44.2 Å². The molecule has 0 radical (unpaired) electrons. The Hall–Kier alpha value is -0.670. The number of guanidine groups is 1. The van der Waals surface area contributed by atoms with Crippen LogP contribution in [0.3, 0.4) is 0 Å². The van der Waals surface area contributed by atoms with Crippen LogP contribution in [0.2, 0.25) is 0 Å². The Morgan fingerprint density at radius 2 is 2.00 bits per heavy atom. The smallest absolute Gasteiger partial charge is 0.191 e. The SMILES string of the molecule is CCS(=O)C1CCCC(NC(=NC)NCC2CCCN2Cc2ccccc2)C1.I. The summed E-state index contributed by atoms with van der Waals surface area (Å²) in [5.41, 5.74) is 1.38. The van der Waals surface area contributed by atoms with Gasteiger partial charge in [0.25, 0.3) is 0 Å². The van der Waals surface area contributed by atoms with Crippen molar-refractivity contribution >= 4 is 40.7 Å². The van der Waals surface area contributed by atoms with Crippen LogP contribution in [0.25, 0.3) is 0 Å². The summed E-state index contributed by atoms with van der Waals surface area (Å²) in [7, 11) is 1.16. The van der Waals surface area contributed by atoms with Crippen LogP contribution in [0.1, 0.15) is 51.0 Å².